The molecule has 1 aliphatic rings. The molecule has 3 unspecified atom stereocenters. The molecule has 6 nitrogen and oxygen atoms in total. The third kappa shape index (κ3) is 4.04. The summed E-state index contributed by atoms with van der Waals surface area (Å²) in [4.78, 5) is 37.6. The maximum Gasteiger partial charge on any atom is 0.320 e. The Morgan fingerprint density at radius 1 is 1.22 bits per heavy atom. The SMILES string of the molecule is C=C1CC(C(=O)O)C(C(=O)C(C(=O)OC)c2c(CC)cc(C)cc2OC)C1. The van der Waals surface area contributed by atoms with Crippen LogP contribution in [0.25, 0.3) is 0 Å². The second-order valence-electron chi connectivity index (χ2n) is 6.96. The van der Waals surface area contributed by atoms with Gasteiger partial charge in [0, 0.05) is 11.5 Å². The summed E-state index contributed by atoms with van der Waals surface area (Å²) in [7, 11) is 2.70. The molecule has 0 amide bonds. The van der Waals surface area contributed by atoms with Gasteiger partial charge in [-0.15, -0.1) is 0 Å². The minimum atomic E-state index is -1.22. The molecule has 146 valence electrons. The molecular weight excluding hydrogens is 348 g/mol. The quantitative estimate of drug-likeness (QED) is 0.448. The Labute approximate surface area is 159 Å². The topological polar surface area (TPSA) is 89.9 Å². The zero-order valence-electron chi connectivity index (χ0n) is 16.2. The predicted molar refractivity (Wildman–Crippen MR) is 99.9 cm³/mol. The first kappa shape index (κ1) is 20.7. The predicted octanol–water partition coefficient (Wildman–Crippen LogP) is 3.06. The van der Waals surface area contributed by atoms with Crippen LogP contribution in [-0.4, -0.2) is 37.0 Å². The number of ketones is 1. The van der Waals surface area contributed by atoms with Crippen LogP contribution in [0.4, 0.5) is 0 Å². The van der Waals surface area contributed by atoms with Gasteiger partial charge in [0.05, 0.1) is 20.1 Å². The number of allylic oxidation sites excluding steroid dienone is 1. The average Bonchev–Trinajstić information content (AvgIpc) is 3.04. The Morgan fingerprint density at radius 2 is 1.85 bits per heavy atom. The Kier molecular flexibility index (Phi) is 6.41. The lowest BCUT2D eigenvalue weighted by Gasteiger charge is -2.24. The third-order valence-corrected chi connectivity index (χ3v) is 5.17. The summed E-state index contributed by atoms with van der Waals surface area (Å²) in [6.45, 7) is 7.67. The molecule has 0 aromatic heterocycles. The van der Waals surface area contributed by atoms with Gasteiger partial charge < -0.3 is 14.6 Å². The van der Waals surface area contributed by atoms with Crippen LogP contribution in [0.5, 0.6) is 5.75 Å². The minimum absolute atomic E-state index is 0.241. The van der Waals surface area contributed by atoms with Crippen molar-refractivity contribution in [1.29, 1.82) is 0 Å². The fourth-order valence-electron chi connectivity index (χ4n) is 3.88. The molecule has 0 aliphatic heterocycles. The molecule has 1 aromatic rings. The van der Waals surface area contributed by atoms with E-state index < -0.39 is 35.5 Å². The number of carboxylic acid groups (broad SMARTS) is 1. The molecule has 6 heteroatoms. The molecule has 1 N–H and O–H groups in total. The van der Waals surface area contributed by atoms with Crippen LogP contribution in [0.2, 0.25) is 0 Å². The number of hydrogen-bond donors (Lipinski definition) is 1. The molecule has 27 heavy (non-hydrogen) atoms. The summed E-state index contributed by atoms with van der Waals surface area (Å²) >= 11 is 0. The second kappa shape index (κ2) is 8.37. The van der Waals surface area contributed by atoms with Crippen molar-refractivity contribution >= 4 is 17.7 Å². The zero-order chi connectivity index (χ0) is 20.3. The summed E-state index contributed by atoms with van der Waals surface area (Å²) in [5.41, 5.74) is 2.92. The van der Waals surface area contributed by atoms with Gasteiger partial charge in [-0.3, -0.25) is 14.4 Å². The molecule has 0 bridgehead atoms. The van der Waals surface area contributed by atoms with Crippen LogP contribution in [0.15, 0.2) is 24.3 Å². The summed E-state index contributed by atoms with van der Waals surface area (Å²) in [5.74, 6) is -4.70. The maximum absolute atomic E-state index is 13.4. The van der Waals surface area contributed by atoms with Crippen molar-refractivity contribution in [2.75, 3.05) is 14.2 Å². The van der Waals surface area contributed by atoms with Crippen LogP contribution in [-0.2, 0) is 25.5 Å². The molecule has 1 fully saturated rings. The highest BCUT2D eigenvalue weighted by molar-refractivity contribution is 6.07. The Hall–Kier alpha value is -2.63. The van der Waals surface area contributed by atoms with E-state index in [4.69, 9.17) is 9.47 Å². The number of rotatable bonds is 7. The first-order chi connectivity index (χ1) is 12.7. The number of carbonyl (C=O) groups excluding carboxylic acids is 2. The normalized spacial score (nSPS) is 20.2. The first-order valence-corrected chi connectivity index (χ1v) is 8.93. The first-order valence-electron chi connectivity index (χ1n) is 8.93. The highest BCUT2D eigenvalue weighted by Gasteiger charge is 2.45. The lowest BCUT2D eigenvalue weighted by Crippen LogP contribution is -2.34. The van der Waals surface area contributed by atoms with Gasteiger partial charge in [0.2, 0.25) is 0 Å². The molecule has 3 atom stereocenters. The molecule has 1 aliphatic carbocycles. The molecular formula is C21H26O6. The van der Waals surface area contributed by atoms with Crippen LogP contribution in [0.3, 0.4) is 0 Å². The van der Waals surface area contributed by atoms with Gasteiger partial charge in [-0.2, -0.15) is 0 Å². The van der Waals surface area contributed by atoms with Crippen LogP contribution in [0, 0.1) is 18.8 Å². The van der Waals surface area contributed by atoms with Gasteiger partial charge in [0.1, 0.15) is 11.7 Å². The van der Waals surface area contributed by atoms with Crippen molar-refractivity contribution in [2.24, 2.45) is 11.8 Å². The van der Waals surface area contributed by atoms with E-state index in [1.807, 2.05) is 19.9 Å². The second-order valence-corrected chi connectivity index (χ2v) is 6.96. The van der Waals surface area contributed by atoms with Gasteiger partial charge >= 0.3 is 11.9 Å². The van der Waals surface area contributed by atoms with Gasteiger partial charge in [-0.1, -0.05) is 25.1 Å². The number of benzene rings is 1. The third-order valence-electron chi connectivity index (χ3n) is 5.17. The van der Waals surface area contributed by atoms with E-state index in [2.05, 4.69) is 6.58 Å². The van der Waals surface area contributed by atoms with E-state index in [0.29, 0.717) is 23.3 Å². The Morgan fingerprint density at radius 3 is 2.37 bits per heavy atom. The van der Waals surface area contributed by atoms with E-state index in [1.54, 1.807) is 6.07 Å². The van der Waals surface area contributed by atoms with Crippen LogP contribution < -0.4 is 4.74 Å². The summed E-state index contributed by atoms with van der Waals surface area (Å²) in [6.07, 6.45) is 1.10. The smallest absolute Gasteiger partial charge is 0.320 e. The van der Waals surface area contributed by atoms with E-state index >= 15 is 0 Å². The van der Waals surface area contributed by atoms with Crippen molar-refractivity contribution in [3.05, 3.63) is 41.0 Å². The number of aryl methyl sites for hydroxylation is 2. The number of carboxylic acids is 1. The van der Waals surface area contributed by atoms with Gasteiger partial charge in [0.25, 0.3) is 0 Å². The van der Waals surface area contributed by atoms with E-state index in [0.717, 1.165) is 11.1 Å². The number of hydrogen-bond acceptors (Lipinski definition) is 5. The number of esters is 1. The van der Waals surface area contributed by atoms with Crippen molar-refractivity contribution in [3.8, 4) is 5.75 Å². The summed E-state index contributed by atoms with van der Waals surface area (Å²) in [6, 6.07) is 3.67. The van der Waals surface area contributed by atoms with Crippen molar-refractivity contribution in [3.63, 3.8) is 0 Å². The van der Waals surface area contributed by atoms with Crippen LogP contribution >= 0.6 is 0 Å². The molecule has 2 rings (SSSR count). The molecule has 0 radical (unpaired) electrons. The number of carbonyl (C=O) groups is 3. The lowest BCUT2D eigenvalue weighted by molar-refractivity contribution is -0.151. The van der Waals surface area contributed by atoms with E-state index in [1.165, 1.54) is 14.2 Å². The molecule has 1 aromatic carbocycles. The number of aliphatic carboxylic acids is 1. The fourth-order valence-corrected chi connectivity index (χ4v) is 3.88. The Balaban J connectivity index is 2.60. The molecule has 0 spiro atoms. The summed E-state index contributed by atoms with van der Waals surface area (Å²) < 4.78 is 10.4. The minimum Gasteiger partial charge on any atom is -0.496 e. The van der Waals surface area contributed by atoms with Crippen molar-refractivity contribution in [2.45, 2.75) is 39.0 Å². The van der Waals surface area contributed by atoms with Gasteiger partial charge in [0.15, 0.2) is 5.78 Å². The highest BCUT2D eigenvalue weighted by Crippen LogP contribution is 2.42. The number of methoxy groups -OCH3 is 2. The standard InChI is InChI=1S/C21H26O6/c1-6-13-7-11(2)10-16(26-4)17(13)18(21(25)27-5)19(22)14-8-12(3)9-15(14)20(23)24/h7,10,14-15,18H,3,6,8-9H2,1-2,4-5H3,(H,23,24). The van der Waals surface area contributed by atoms with Gasteiger partial charge in [-0.25, -0.2) is 0 Å². The Bertz CT molecular complexity index is 754. The zero-order valence-corrected chi connectivity index (χ0v) is 16.2. The van der Waals surface area contributed by atoms with Crippen molar-refractivity contribution in [1.82, 2.24) is 0 Å². The summed E-state index contributed by atoms with van der Waals surface area (Å²) in [5, 5.41) is 9.50. The van der Waals surface area contributed by atoms with Crippen molar-refractivity contribution < 1.29 is 29.0 Å². The highest BCUT2D eigenvalue weighted by atomic mass is 16.5. The van der Waals surface area contributed by atoms with Gasteiger partial charge in [-0.05, 0) is 43.4 Å². The van der Waals surface area contributed by atoms with Crippen LogP contribution in [0.1, 0.15) is 42.4 Å². The van der Waals surface area contributed by atoms with E-state index in [9.17, 15) is 19.5 Å². The maximum atomic E-state index is 13.4. The molecule has 0 heterocycles. The van der Waals surface area contributed by atoms with E-state index in [-0.39, 0.29) is 12.8 Å². The number of Topliss-reactive ketones (excluding diaryl/α,β-unsaturated/α-hetero) is 1. The lowest BCUT2D eigenvalue weighted by atomic mass is 9.79. The molecule has 1 saturated carbocycles. The number of ether oxygens (including phenoxy) is 2. The fraction of sp³-hybridized carbons (Fsp3) is 0.476. The largest absolute Gasteiger partial charge is 0.496 e. The molecule has 0 saturated heterocycles. The monoisotopic (exact) mass is 374 g/mol. The average molecular weight is 374 g/mol.